The molecular formula is C12H15N3O5S. The van der Waals surface area contributed by atoms with Crippen molar-refractivity contribution in [3.63, 3.8) is 0 Å². The number of rotatable bonds is 3. The van der Waals surface area contributed by atoms with Gasteiger partial charge < -0.3 is 9.15 Å². The molecule has 0 saturated carbocycles. The number of oxazole rings is 1. The molecule has 1 aromatic heterocycles. The molecule has 1 fully saturated rings. The SMILES string of the molecule is Cn1c(=O)oc2cc(S(=O)(=O)NN3CCOCC3)ccc21. The Kier molecular flexibility index (Phi) is 3.57. The Morgan fingerprint density at radius 3 is 2.67 bits per heavy atom. The maximum absolute atomic E-state index is 12.3. The van der Waals surface area contributed by atoms with Gasteiger partial charge in [0.25, 0.3) is 10.0 Å². The van der Waals surface area contributed by atoms with Crippen LogP contribution >= 0.6 is 0 Å². The molecular weight excluding hydrogens is 298 g/mol. The fourth-order valence-electron chi connectivity index (χ4n) is 2.16. The third-order valence-corrected chi connectivity index (χ3v) is 4.71. The molecule has 1 aliphatic rings. The summed E-state index contributed by atoms with van der Waals surface area (Å²) in [5.74, 6) is -0.527. The summed E-state index contributed by atoms with van der Waals surface area (Å²) >= 11 is 0. The highest BCUT2D eigenvalue weighted by atomic mass is 32.2. The van der Waals surface area contributed by atoms with Crippen molar-refractivity contribution >= 4 is 21.1 Å². The lowest BCUT2D eigenvalue weighted by atomic mass is 10.3. The first-order chi connectivity index (χ1) is 9.97. The molecule has 1 N–H and O–H groups in total. The molecule has 0 aliphatic carbocycles. The molecule has 0 spiro atoms. The molecule has 8 nitrogen and oxygen atoms in total. The van der Waals surface area contributed by atoms with E-state index in [-0.39, 0.29) is 10.5 Å². The molecule has 2 heterocycles. The summed E-state index contributed by atoms with van der Waals surface area (Å²) in [5.41, 5.74) is 0.790. The van der Waals surface area contributed by atoms with Crippen molar-refractivity contribution in [2.24, 2.45) is 7.05 Å². The summed E-state index contributed by atoms with van der Waals surface area (Å²) in [7, 11) is -2.14. The maximum Gasteiger partial charge on any atom is 0.419 e. The molecule has 3 rings (SSSR count). The quantitative estimate of drug-likeness (QED) is 0.833. The number of hydrazine groups is 1. The first kappa shape index (κ1) is 14.3. The van der Waals surface area contributed by atoms with Crippen LogP contribution in [0.4, 0.5) is 0 Å². The number of aryl methyl sites for hydroxylation is 1. The number of benzene rings is 1. The summed E-state index contributed by atoms with van der Waals surface area (Å²) < 4.78 is 36.1. The minimum Gasteiger partial charge on any atom is -0.408 e. The molecule has 0 radical (unpaired) electrons. The van der Waals surface area contributed by atoms with E-state index in [1.54, 1.807) is 18.1 Å². The van der Waals surface area contributed by atoms with Crippen LogP contribution in [0.2, 0.25) is 0 Å². The average molecular weight is 313 g/mol. The van der Waals surface area contributed by atoms with Gasteiger partial charge >= 0.3 is 5.76 Å². The van der Waals surface area contributed by atoms with Gasteiger partial charge in [0.2, 0.25) is 0 Å². The van der Waals surface area contributed by atoms with Gasteiger partial charge in [0.1, 0.15) is 0 Å². The lowest BCUT2D eigenvalue weighted by molar-refractivity contribution is 0.0272. The largest absolute Gasteiger partial charge is 0.419 e. The zero-order chi connectivity index (χ0) is 15.0. The second kappa shape index (κ2) is 5.26. The van der Waals surface area contributed by atoms with Gasteiger partial charge in [0, 0.05) is 26.2 Å². The van der Waals surface area contributed by atoms with E-state index >= 15 is 0 Å². The first-order valence-electron chi connectivity index (χ1n) is 6.42. The number of morpholine rings is 1. The summed E-state index contributed by atoms with van der Waals surface area (Å²) in [6, 6.07) is 4.34. The van der Waals surface area contributed by atoms with Crippen LogP contribution < -0.4 is 10.6 Å². The number of ether oxygens (including phenoxy) is 1. The highest BCUT2D eigenvalue weighted by molar-refractivity contribution is 7.89. The molecule has 0 bridgehead atoms. The summed E-state index contributed by atoms with van der Waals surface area (Å²) in [6.07, 6.45) is 0. The van der Waals surface area contributed by atoms with E-state index in [9.17, 15) is 13.2 Å². The smallest absolute Gasteiger partial charge is 0.408 e. The zero-order valence-corrected chi connectivity index (χ0v) is 12.2. The van der Waals surface area contributed by atoms with Gasteiger partial charge in [-0.3, -0.25) is 4.57 Å². The Balaban J connectivity index is 1.92. The van der Waals surface area contributed by atoms with Crippen LogP contribution in [-0.2, 0) is 21.8 Å². The number of sulfonamides is 1. The van der Waals surface area contributed by atoms with E-state index in [0.717, 1.165) is 0 Å². The second-order valence-electron chi connectivity index (χ2n) is 4.75. The van der Waals surface area contributed by atoms with Gasteiger partial charge in [0.15, 0.2) is 5.58 Å². The highest BCUT2D eigenvalue weighted by Gasteiger charge is 2.21. The Bertz CT molecular complexity index is 817. The van der Waals surface area contributed by atoms with Gasteiger partial charge in [-0.25, -0.2) is 18.2 Å². The molecule has 0 unspecified atom stereocenters. The molecule has 1 aromatic carbocycles. The third kappa shape index (κ3) is 2.72. The number of hydrogen-bond donors (Lipinski definition) is 1. The minimum atomic E-state index is -3.71. The van der Waals surface area contributed by atoms with Gasteiger partial charge in [-0.2, -0.15) is 0 Å². The lowest BCUT2D eigenvalue weighted by Gasteiger charge is -2.26. The van der Waals surface area contributed by atoms with Crippen LogP contribution in [0.3, 0.4) is 0 Å². The maximum atomic E-state index is 12.3. The van der Waals surface area contributed by atoms with Crippen LogP contribution in [0.15, 0.2) is 32.3 Å². The van der Waals surface area contributed by atoms with E-state index in [4.69, 9.17) is 9.15 Å². The molecule has 0 amide bonds. The van der Waals surface area contributed by atoms with Gasteiger partial charge in [-0.05, 0) is 12.1 Å². The number of aromatic nitrogens is 1. The van der Waals surface area contributed by atoms with Crippen LogP contribution in [0.25, 0.3) is 11.1 Å². The molecule has 0 atom stereocenters. The predicted molar refractivity (Wildman–Crippen MR) is 74.2 cm³/mol. The summed E-state index contributed by atoms with van der Waals surface area (Å²) in [5, 5.41) is 1.59. The fourth-order valence-corrected chi connectivity index (χ4v) is 3.30. The Hall–Kier alpha value is -1.68. The van der Waals surface area contributed by atoms with Crippen molar-refractivity contribution in [3.8, 4) is 0 Å². The van der Waals surface area contributed by atoms with Crippen molar-refractivity contribution in [3.05, 3.63) is 28.7 Å². The lowest BCUT2D eigenvalue weighted by Crippen LogP contribution is -2.48. The first-order valence-corrected chi connectivity index (χ1v) is 7.90. The predicted octanol–water partition coefficient (Wildman–Crippen LogP) is -0.343. The Morgan fingerprint density at radius 1 is 1.24 bits per heavy atom. The van der Waals surface area contributed by atoms with Crippen molar-refractivity contribution in [1.29, 1.82) is 0 Å². The van der Waals surface area contributed by atoms with Gasteiger partial charge in [-0.1, -0.05) is 0 Å². The van der Waals surface area contributed by atoms with Crippen LogP contribution in [-0.4, -0.2) is 44.3 Å². The van der Waals surface area contributed by atoms with Crippen molar-refractivity contribution in [2.45, 2.75) is 4.90 Å². The molecule has 2 aromatic rings. The molecule has 21 heavy (non-hydrogen) atoms. The molecule has 1 saturated heterocycles. The van der Waals surface area contributed by atoms with E-state index in [0.29, 0.717) is 31.8 Å². The summed E-state index contributed by atoms with van der Waals surface area (Å²) in [6.45, 7) is 1.94. The number of nitrogens with zero attached hydrogens (tertiary/aromatic N) is 2. The number of hydrogen-bond acceptors (Lipinski definition) is 6. The van der Waals surface area contributed by atoms with Crippen LogP contribution in [0.1, 0.15) is 0 Å². The standard InChI is InChI=1S/C12H15N3O5S/c1-14-10-3-2-9(8-11(10)20-12(14)16)21(17,18)13-15-4-6-19-7-5-15/h2-3,8,13H,4-7H2,1H3. The normalized spacial score (nSPS) is 17.4. The Labute approximate surface area is 120 Å². The van der Waals surface area contributed by atoms with Crippen LogP contribution in [0.5, 0.6) is 0 Å². The minimum absolute atomic E-state index is 0.0517. The average Bonchev–Trinajstić information content (AvgIpc) is 2.74. The Morgan fingerprint density at radius 2 is 1.95 bits per heavy atom. The zero-order valence-electron chi connectivity index (χ0n) is 11.4. The fraction of sp³-hybridized carbons (Fsp3) is 0.417. The highest BCUT2D eigenvalue weighted by Crippen LogP contribution is 2.18. The van der Waals surface area contributed by atoms with Gasteiger partial charge in [0.05, 0.1) is 23.6 Å². The number of nitrogens with one attached hydrogen (secondary N) is 1. The molecule has 114 valence electrons. The molecule has 9 heteroatoms. The molecule has 1 aliphatic heterocycles. The van der Waals surface area contributed by atoms with Gasteiger partial charge in [-0.15, -0.1) is 4.83 Å². The van der Waals surface area contributed by atoms with E-state index in [1.807, 2.05) is 0 Å². The number of fused-ring (bicyclic) bond motifs is 1. The van der Waals surface area contributed by atoms with E-state index in [2.05, 4.69) is 4.83 Å². The van der Waals surface area contributed by atoms with Crippen LogP contribution in [0, 0.1) is 0 Å². The monoisotopic (exact) mass is 313 g/mol. The second-order valence-corrected chi connectivity index (χ2v) is 6.41. The third-order valence-electron chi connectivity index (χ3n) is 3.33. The summed E-state index contributed by atoms with van der Waals surface area (Å²) in [4.78, 5) is 14.0. The van der Waals surface area contributed by atoms with Crippen molar-refractivity contribution in [2.75, 3.05) is 26.3 Å². The van der Waals surface area contributed by atoms with Crippen molar-refractivity contribution in [1.82, 2.24) is 14.4 Å². The van der Waals surface area contributed by atoms with Crippen molar-refractivity contribution < 1.29 is 17.6 Å². The van der Waals surface area contributed by atoms with E-state index in [1.165, 1.54) is 16.7 Å². The van der Waals surface area contributed by atoms with E-state index < -0.39 is 15.8 Å². The topological polar surface area (TPSA) is 93.8 Å².